The number of rotatable bonds is 9. The molecular formula is C22H27N5O2. The zero-order valence-corrected chi connectivity index (χ0v) is 16.9. The minimum absolute atomic E-state index is 0.0428. The summed E-state index contributed by atoms with van der Waals surface area (Å²) in [5, 5.41) is 11.0. The van der Waals surface area contributed by atoms with Crippen LogP contribution < -0.4 is 20.5 Å². The number of nitrogen functional groups attached to an aromatic ring is 1. The third kappa shape index (κ3) is 5.07. The van der Waals surface area contributed by atoms with Crippen molar-refractivity contribution < 1.29 is 9.47 Å². The van der Waals surface area contributed by atoms with Crippen LogP contribution in [0.2, 0.25) is 0 Å². The second-order valence-corrected chi connectivity index (χ2v) is 6.85. The van der Waals surface area contributed by atoms with Crippen molar-refractivity contribution in [3.8, 4) is 11.5 Å². The SMILES string of the molecule is CCOc1cc(C(Nc2ccc(C(=N)N)cc2)c2ncc[nH]2)ccc1OC(C)C. The first-order valence-corrected chi connectivity index (χ1v) is 9.61. The van der Waals surface area contributed by atoms with Crippen molar-refractivity contribution in [3.05, 3.63) is 71.8 Å². The van der Waals surface area contributed by atoms with Crippen molar-refractivity contribution in [2.24, 2.45) is 5.73 Å². The van der Waals surface area contributed by atoms with Crippen LogP contribution in [-0.4, -0.2) is 28.5 Å². The maximum Gasteiger partial charge on any atom is 0.161 e. The molecule has 0 aliphatic carbocycles. The summed E-state index contributed by atoms with van der Waals surface area (Å²) >= 11 is 0. The number of aromatic nitrogens is 2. The molecule has 3 rings (SSSR count). The number of hydrogen-bond donors (Lipinski definition) is 4. The Bertz CT molecular complexity index is 936. The first-order chi connectivity index (χ1) is 14.0. The Hall–Kier alpha value is -3.48. The van der Waals surface area contributed by atoms with Gasteiger partial charge in [-0.2, -0.15) is 0 Å². The molecule has 0 spiro atoms. The second-order valence-electron chi connectivity index (χ2n) is 6.85. The van der Waals surface area contributed by atoms with E-state index in [2.05, 4.69) is 15.3 Å². The van der Waals surface area contributed by atoms with Crippen LogP contribution in [0.15, 0.2) is 54.9 Å². The number of aromatic amines is 1. The lowest BCUT2D eigenvalue weighted by atomic mass is 10.0. The van der Waals surface area contributed by atoms with Crippen LogP contribution in [0, 0.1) is 5.41 Å². The van der Waals surface area contributed by atoms with Crippen LogP contribution in [0.5, 0.6) is 11.5 Å². The number of nitrogens with one attached hydrogen (secondary N) is 3. The van der Waals surface area contributed by atoms with Gasteiger partial charge in [0.1, 0.15) is 17.7 Å². The van der Waals surface area contributed by atoms with Crippen molar-refractivity contribution in [2.45, 2.75) is 32.9 Å². The molecule has 0 fully saturated rings. The molecule has 0 saturated carbocycles. The van der Waals surface area contributed by atoms with Crippen molar-refractivity contribution in [1.82, 2.24) is 9.97 Å². The summed E-state index contributed by atoms with van der Waals surface area (Å²) in [5.41, 5.74) is 8.10. The Balaban J connectivity index is 1.94. The van der Waals surface area contributed by atoms with E-state index in [1.165, 1.54) is 0 Å². The van der Waals surface area contributed by atoms with Gasteiger partial charge in [-0.15, -0.1) is 0 Å². The van der Waals surface area contributed by atoms with Gasteiger partial charge in [0.2, 0.25) is 0 Å². The quantitative estimate of drug-likeness (QED) is 0.323. The van der Waals surface area contributed by atoms with E-state index in [9.17, 15) is 0 Å². The first-order valence-electron chi connectivity index (χ1n) is 9.61. The second kappa shape index (κ2) is 9.14. The average Bonchev–Trinajstić information content (AvgIpc) is 3.22. The van der Waals surface area contributed by atoms with E-state index in [-0.39, 0.29) is 18.0 Å². The highest BCUT2D eigenvalue weighted by Gasteiger charge is 2.19. The van der Waals surface area contributed by atoms with E-state index >= 15 is 0 Å². The van der Waals surface area contributed by atoms with Crippen molar-refractivity contribution in [3.63, 3.8) is 0 Å². The highest BCUT2D eigenvalue weighted by molar-refractivity contribution is 5.95. The molecule has 0 amide bonds. The summed E-state index contributed by atoms with van der Waals surface area (Å²) in [4.78, 5) is 7.62. The molecule has 0 aliphatic rings. The standard InChI is InChI=1S/C22H27N5O2/c1-4-28-19-13-16(7-10-18(19)29-14(2)3)20(22-25-11-12-26-22)27-17-8-5-15(6-9-17)21(23)24/h5-14,20,27H,4H2,1-3H3,(H3,23,24)(H,25,26). The van der Waals surface area contributed by atoms with Gasteiger partial charge < -0.3 is 25.5 Å². The number of nitrogens with zero attached hydrogens (tertiary/aromatic N) is 1. The molecule has 1 atom stereocenters. The summed E-state index contributed by atoms with van der Waals surface area (Å²) < 4.78 is 11.7. The lowest BCUT2D eigenvalue weighted by Gasteiger charge is -2.21. The van der Waals surface area contributed by atoms with E-state index in [0.29, 0.717) is 17.9 Å². The monoisotopic (exact) mass is 393 g/mol. The summed E-state index contributed by atoms with van der Waals surface area (Å²) in [6, 6.07) is 13.1. The number of hydrogen-bond acceptors (Lipinski definition) is 5. The molecule has 0 radical (unpaired) electrons. The highest BCUT2D eigenvalue weighted by Crippen LogP contribution is 2.34. The lowest BCUT2D eigenvalue weighted by Crippen LogP contribution is -2.15. The predicted molar refractivity (Wildman–Crippen MR) is 115 cm³/mol. The lowest BCUT2D eigenvalue weighted by molar-refractivity contribution is 0.223. The normalized spacial score (nSPS) is 11.9. The van der Waals surface area contributed by atoms with E-state index in [1.54, 1.807) is 12.4 Å². The van der Waals surface area contributed by atoms with Gasteiger partial charge in [-0.05, 0) is 62.7 Å². The van der Waals surface area contributed by atoms with Crippen LogP contribution in [0.4, 0.5) is 5.69 Å². The molecule has 5 N–H and O–H groups in total. The summed E-state index contributed by atoms with van der Waals surface area (Å²) in [5.74, 6) is 2.24. The fourth-order valence-electron chi connectivity index (χ4n) is 2.98. The Morgan fingerprint density at radius 1 is 1.17 bits per heavy atom. The van der Waals surface area contributed by atoms with Crippen molar-refractivity contribution in [1.29, 1.82) is 5.41 Å². The third-order valence-electron chi connectivity index (χ3n) is 4.26. The molecule has 0 bridgehead atoms. The minimum atomic E-state index is -0.222. The zero-order chi connectivity index (χ0) is 20.8. The molecule has 1 unspecified atom stereocenters. The van der Waals surface area contributed by atoms with Crippen molar-refractivity contribution in [2.75, 3.05) is 11.9 Å². The predicted octanol–water partition coefficient (Wildman–Crippen LogP) is 4.08. The van der Waals surface area contributed by atoms with E-state index < -0.39 is 0 Å². The number of nitrogens with two attached hydrogens (primary N) is 1. The van der Waals surface area contributed by atoms with Crippen LogP contribution in [0.1, 0.15) is 43.8 Å². The van der Waals surface area contributed by atoms with Gasteiger partial charge in [0.15, 0.2) is 11.5 Å². The molecule has 7 heteroatoms. The number of H-pyrrole nitrogens is 1. The Kier molecular flexibility index (Phi) is 6.39. The van der Waals surface area contributed by atoms with E-state index in [4.69, 9.17) is 20.6 Å². The largest absolute Gasteiger partial charge is 0.490 e. The number of anilines is 1. The Morgan fingerprint density at radius 2 is 1.93 bits per heavy atom. The third-order valence-corrected chi connectivity index (χ3v) is 4.26. The molecule has 2 aromatic carbocycles. The maximum atomic E-state index is 7.54. The fourth-order valence-corrected chi connectivity index (χ4v) is 2.98. The van der Waals surface area contributed by atoms with Gasteiger partial charge >= 0.3 is 0 Å². The molecule has 1 aromatic heterocycles. The number of ether oxygens (including phenoxy) is 2. The molecule has 0 aliphatic heterocycles. The molecule has 152 valence electrons. The summed E-state index contributed by atoms with van der Waals surface area (Å²) in [7, 11) is 0. The molecule has 29 heavy (non-hydrogen) atoms. The zero-order valence-electron chi connectivity index (χ0n) is 16.9. The fraction of sp³-hybridized carbons (Fsp3) is 0.273. The molecule has 0 saturated heterocycles. The minimum Gasteiger partial charge on any atom is -0.490 e. The average molecular weight is 393 g/mol. The smallest absolute Gasteiger partial charge is 0.161 e. The van der Waals surface area contributed by atoms with Gasteiger partial charge in [-0.25, -0.2) is 4.98 Å². The van der Waals surface area contributed by atoms with E-state index in [0.717, 1.165) is 22.8 Å². The van der Waals surface area contributed by atoms with Crippen molar-refractivity contribution >= 4 is 11.5 Å². The summed E-state index contributed by atoms with van der Waals surface area (Å²) in [6.45, 7) is 6.47. The maximum absolute atomic E-state index is 7.54. The molecule has 1 heterocycles. The Morgan fingerprint density at radius 3 is 2.52 bits per heavy atom. The van der Waals surface area contributed by atoms with Crippen LogP contribution in [0.25, 0.3) is 0 Å². The number of imidazole rings is 1. The Labute approximate surface area is 170 Å². The van der Waals surface area contributed by atoms with Gasteiger partial charge in [0, 0.05) is 23.6 Å². The van der Waals surface area contributed by atoms with Gasteiger partial charge in [-0.1, -0.05) is 6.07 Å². The first kappa shape index (κ1) is 20.3. The summed E-state index contributed by atoms with van der Waals surface area (Å²) in [6.07, 6.45) is 3.57. The van der Waals surface area contributed by atoms with Crippen LogP contribution >= 0.6 is 0 Å². The van der Waals surface area contributed by atoms with Gasteiger partial charge in [0.25, 0.3) is 0 Å². The topological polar surface area (TPSA) is 109 Å². The molecular weight excluding hydrogens is 366 g/mol. The van der Waals surface area contributed by atoms with Gasteiger partial charge in [-0.3, -0.25) is 5.41 Å². The van der Waals surface area contributed by atoms with Crippen LogP contribution in [0.3, 0.4) is 0 Å². The number of amidine groups is 1. The van der Waals surface area contributed by atoms with Crippen LogP contribution in [-0.2, 0) is 0 Å². The molecule has 7 nitrogen and oxygen atoms in total. The molecule has 3 aromatic rings. The van der Waals surface area contributed by atoms with E-state index in [1.807, 2.05) is 63.2 Å². The highest BCUT2D eigenvalue weighted by atomic mass is 16.5. The number of benzene rings is 2. The van der Waals surface area contributed by atoms with Gasteiger partial charge in [0.05, 0.1) is 12.7 Å².